The molecule has 0 atom stereocenters. The summed E-state index contributed by atoms with van der Waals surface area (Å²) in [5, 5.41) is 8.96. The molecule has 0 aromatic heterocycles. The van der Waals surface area contributed by atoms with Crippen molar-refractivity contribution in [3.8, 4) is 0 Å². The number of carbonyl (C=O) groups is 2. The highest BCUT2D eigenvalue weighted by Gasteiger charge is 2.11. The van der Waals surface area contributed by atoms with Gasteiger partial charge in [-0.1, -0.05) is 36.4 Å². The van der Waals surface area contributed by atoms with Crippen LogP contribution in [0.15, 0.2) is 36.9 Å². The van der Waals surface area contributed by atoms with Gasteiger partial charge in [0.25, 0.3) is 0 Å². The first-order valence-electron chi connectivity index (χ1n) is 4.92. The van der Waals surface area contributed by atoms with E-state index < -0.39 is 11.9 Å². The van der Waals surface area contributed by atoms with Crippen LogP contribution in [-0.2, 0) is 9.59 Å². The second kappa shape index (κ2) is 5.12. The lowest BCUT2D eigenvalue weighted by Crippen LogP contribution is -2.10. The van der Waals surface area contributed by atoms with Crippen LogP contribution in [0.2, 0.25) is 0 Å². The third kappa shape index (κ3) is 3.31. The second-order valence-corrected chi connectivity index (χ2v) is 3.62. The molecule has 88 valence electrons. The summed E-state index contributed by atoms with van der Waals surface area (Å²) in [7, 11) is 0. The Kier molecular flexibility index (Phi) is 3.82. The maximum atomic E-state index is 11.0. The summed E-state index contributed by atoms with van der Waals surface area (Å²) in [5.41, 5.74) is 7.06. The van der Waals surface area contributed by atoms with E-state index in [1.165, 1.54) is 0 Å². The molecule has 0 bridgehead atoms. The van der Waals surface area contributed by atoms with Gasteiger partial charge in [0, 0.05) is 6.08 Å². The van der Waals surface area contributed by atoms with Crippen molar-refractivity contribution in [3.63, 3.8) is 0 Å². The van der Waals surface area contributed by atoms with Crippen molar-refractivity contribution in [2.24, 2.45) is 5.73 Å². The van der Waals surface area contributed by atoms with E-state index in [2.05, 4.69) is 6.58 Å². The normalized spacial score (nSPS) is 11.0. The zero-order valence-corrected chi connectivity index (χ0v) is 9.43. The van der Waals surface area contributed by atoms with Crippen LogP contribution in [0, 0.1) is 0 Å². The van der Waals surface area contributed by atoms with E-state index in [1.54, 1.807) is 24.3 Å². The number of carboxylic acids is 1. The summed E-state index contributed by atoms with van der Waals surface area (Å²) < 4.78 is 0. The van der Waals surface area contributed by atoms with Gasteiger partial charge >= 0.3 is 5.97 Å². The number of carbonyl (C=O) groups excluding carboxylic acids is 1. The number of aliphatic carboxylic acids is 1. The lowest BCUT2D eigenvalue weighted by molar-refractivity contribution is -0.130. The molecule has 1 amide bonds. The zero-order valence-electron chi connectivity index (χ0n) is 9.43. The molecule has 17 heavy (non-hydrogen) atoms. The number of nitrogens with two attached hydrogens (primary N) is 1. The summed E-state index contributed by atoms with van der Waals surface area (Å²) in [6.07, 6.45) is 0.901. The van der Waals surface area contributed by atoms with Crippen LogP contribution < -0.4 is 5.73 Å². The number of primary amides is 1. The van der Waals surface area contributed by atoms with E-state index in [0.29, 0.717) is 5.56 Å². The van der Waals surface area contributed by atoms with Crippen molar-refractivity contribution in [1.29, 1.82) is 0 Å². The van der Waals surface area contributed by atoms with Crippen LogP contribution in [0.1, 0.15) is 18.1 Å². The molecule has 1 aromatic rings. The van der Waals surface area contributed by atoms with Gasteiger partial charge in [-0.2, -0.15) is 0 Å². The molecule has 3 N–H and O–H groups in total. The van der Waals surface area contributed by atoms with Crippen LogP contribution >= 0.6 is 0 Å². The fourth-order valence-corrected chi connectivity index (χ4v) is 1.35. The van der Waals surface area contributed by atoms with E-state index >= 15 is 0 Å². The summed E-state index contributed by atoms with van der Waals surface area (Å²) in [4.78, 5) is 21.7. The monoisotopic (exact) mass is 231 g/mol. The minimum Gasteiger partial charge on any atom is -0.478 e. The third-order valence-electron chi connectivity index (χ3n) is 2.21. The molecule has 0 aliphatic heterocycles. The van der Waals surface area contributed by atoms with Gasteiger partial charge in [0.05, 0.1) is 5.57 Å². The molecule has 0 aliphatic carbocycles. The molecule has 0 saturated heterocycles. The average molecular weight is 231 g/mol. The maximum Gasteiger partial charge on any atom is 0.336 e. The van der Waals surface area contributed by atoms with Gasteiger partial charge in [-0.15, -0.1) is 0 Å². The van der Waals surface area contributed by atoms with Crippen LogP contribution in [0.25, 0.3) is 11.1 Å². The van der Waals surface area contributed by atoms with Crippen molar-refractivity contribution in [3.05, 3.63) is 48.0 Å². The van der Waals surface area contributed by atoms with E-state index in [4.69, 9.17) is 10.8 Å². The Bertz CT molecular complexity index is 498. The van der Waals surface area contributed by atoms with Crippen molar-refractivity contribution < 1.29 is 14.7 Å². The van der Waals surface area contributed by atoms with Gasteiger partial charge in [0.2, 0.25) is 5.91 Å². The molecule has 0 heterocycles. The van der Waals surface area contributed by atoms with E-state index in [-0.39, 0.29) is 5.57 Å². The lowest BCUT2D eigenvalue weighted by Gasteiger charge is -2.04. The first kappa shape index (κ1) is 12.7. The fourth-order valence-electron chi connectivity index (χ4n) is 1.35. The van der Waals surface area contributed by atoms with Gasteiger partial charge < -0.3 is 10.8 Å². The molecule has 0 radical (unpaired) electrons. The first-order chi connectivity index (χ1) is 7.91. The Morgan fingerprint density at radius 3 is 2.06 bits per heavy atom. The number of hydrogen-bond acceptors (Lipinski definition) is 2. The molecular formula is C13H13NO3. The predicted molar refractivity (Wildman–Crippen MR) is 66.0 cm³/mol. The smallest absolute Gasteiger partial charge is 0.336 e. The van der Waals surface area contributed by atoms with Crippen molar-refractivity contribution in [1.82, 2.24) is 0 Å². The van der Waals surface area contributed by atoms with Gasteiger partial charge in [-0.25, -0.2) is 4.79 Å². The van der Waals surface area contributed by atoms with Gasteiger partial charge in [-0.3, -0.25) is 4.79 Å². The Hall–Kier alpha value is -2.36. The molecular weight excluding hydrogens is 218 g/mol. The van der Waals surface area contributed by atoms with Crippen molar-refractivity contribution >= 4 is 23.0 Å². The lowest BCUT2D eigenvalue weighted by atomic mass is 10.0. The minimum atomic E-state index is -1.19. The highest BCUT2D eigenvalue weighted by atomic mass is 16.4. The Labute approximate surface area is 99.1 Å². The number of allylic oxidation sites excluding steroid dienone is 1. The van der Waals surface area contributed by atoms with Crippen LogP contribution in [0.3, 0.4) is 0 Å². The SMILES string of the molecule is C=C(C)c1ccc(/C(=C/C(N)=O)C(=O)O)cc1. The van der Waals surface area contributed by atoms with Crippen LogP contribution in [-0.4, -0.2) is 17.0 Å². The molecule has 0 unspecified atom stereocenters. The average Bonchev–Trinajstić information content (AvgIpc) is 2.25. The molecule has 0 spiro atoms. The maximum absolute atomic E-state index is 11.0. The summed E-state index contributed by atoms with van der Waals surface area (Å²) in [6.45, 7) is 5.63. The first-order valence-corrected chi connectivity index (χ1v) is 4.92. The van der Waals surface area contributed by atoms with Gasteiger partial charge in [-0.05, 0) is 18.1 Å². The molecule has 0 saturated carbocycles. The van der Waals surface area contributed by atoms with Gasteiger partial charge in [0.15, 0.2) is 0 Å². The number of rotatable bonds is 4. The van der Waals surface area contributed by atoms with Crippen molar-refractivity contribution in [2.75, 3.05) is 0 Å². The predicted octanol–water partition coefficient (Wildman–Crippen LogP) is 1.67. The molecule has 4 nitrogen and oxygen atoms in total. The Morgan fingerprint density at radius 1 is 1.24 bits per heavy atom. The molecule has 0 fully saturated rings. The van der Waals surface area contributed by atoms with E-state index in [0.717, 1.165) is 17.2 Å². The second-order valence-electron chi connectivity index (χ2n) is 3.62. The highest BCUT2D eigenvalue weighted by molar-refractivity contribution is 6.20. The summed E-state index contributed by atoms with van der Waals surface area (Å²) in [5.74, 6) is -1.97. The third-order valence-corrected chi connectivity index (χ3v) is 2.21. The zero-order chi connectivity index (χ0) is 13.0. The van der Waals surface area contributed by atoms with E-state index in [1.807, 2.05) is 6.92 Å². The summed E-state index contributed by atoms with van der Waals surface area (Å²) in [6, 6.07) is 6.73. The minimum absolute atomic E-state index is 0.120. The standard InChI is InChI=1S/C13H13NO3/c1-8(2)9-3-5-10(6-4-9)11(13(16)17)7-12(14)15/h3-7H,1H2,2H3,(H2,14,15)(H,16,17)/b11-7-. The van der Waals surface area contributed by atoms with Crippen LogP contribution in [0.5, 0.6) is 0 Å². The van der Waals surface area contributed by atoms with E-state index in [9.17, 15) is 9.59 Å². The number of benzene rings is 1. The Balaban J connectivity index is 3.17. The fraction of sp³-hybridized carbons (Fsp3) is 0.0769. The number of hydrogen-bond donors (Lipinski definition) is 2. The molecule has 4 heteroatoms. The number of carboxylic acid groups (broad SMARTS) is 1. The highest BCUT2D eigenvalue weighted by Crippen LogP contribution is 2.18. The Morgan fingerprint density at radius 2 is 1.71 bits per heavy atom. The molecule has 1 rings (SSSR count). The summed E-state index contributed by atoms with van der Waals surface area (Å²) >= 11 is 0. The molecule has 0 aliphatic rings. The van der Waals surface area contributed by atoms with Crippen LogP contribution in [0.4, 0.5) is 0 Å². The largest absolute Gasteiger partial charge is 0.478 e. The van der Waals surface area contributed by atoms with Crippen molar-refractivity contribution in [2.45, 2.75) is 6.92 Å². The quantitative estimate of drug-likeness (QED) is 0.773. The topological polar surface area (TPSA) is 80.4 Å². The molecule has 1 aromatic carbocycles. The number of amides is 1. The van der Waals surface area contributed by atoms with Gasteiger partial charge in [0.1, 0.15) is 0 Å².